The van der Waals surface area contributed by atoms with Gasteiger partial charge in [-0.25, -0.2) is 0 Å². The van der Waals surface area contributed by atoms with Crippen LogP contribution in [0.3, 0.4) is 0 Å². The van der Waals surface area contributed by atoms with E-state index in [9.17, 15) is 17.6 Å². The second kappa shape index (κ2) is 38.0. The molecule has 0 radical (unpaired) electrons. The normalized spacial score (nSPS) is 10.0. The molecule has 0 aliphatic heterocycles. The molecule has 0 bridgehead atoms. The van der Waals surface area contributed by atoms with Crippen molar-refractivity contribution in [1.82, 2.24) is 39.5 Å². The Labute approximate surface area is 521 Å². The van der Waals surface area contributed by atoms with Gasteiger partial charge in [-0.3, -0.25) is 36.9 Å². The van der Waals surface area contributed by atoms with Crippen molar-refractivity contribution < 1.29 is 42.8 Å². The molecule has 4 aromatic carbocycles. The van der Waals surface area contributed by atoms with Crippen LogP contribution < -0.4 is 0 Å². The van der Waals surface area contributed by atoms with E-state index in [1.54, 1.807) is 61.2 Å². The van der Waals surface area contributed by atoms with E-state index in [0.29, 0.717) is 24.5 Å². The number of nitrogens with zero attached hydrogens (tertiary/aromatic N) is 9. The zero-order valence-corrected chi connectivity index (χ0v) is 50.3. The number of hydrogen-bond donors (Lipinski definition) is 0. The van der Waals surface area contributed by atoms with Gasteiger partial charge in [0.15, 0.2) is 12.9 Å². The second-order valence-corrected chi connectivity index (χ2v) is 21.0. The number of alkyl halides is 9. The first kappa shape index (κ1) is 69.3. The number of benzene rings is 4. The molecule has 6 aromatic heterocycles. The molecule has 0 unspecified atom stereocenters. The Bertz CT molecular complexity index is 3150. The van der Waals surface area contributed by atoms with Gasteiger partial charge < -0.3 is 25.3 Å². The molecule has 0 aliphatic rings. The van der Waals surface area contributed by atoms with E-state index in [4.69, 9.17) is 130 Å². The molecular weight excluding hydrogens is 1420 g/mol. The first-order chi connectivity index (χ1) is 38.3. The molecule has 26 heteroatoms. The van der Waals surface area contributed by atoms with Crippen molar-refractivity contribution in [3.63, 3.8) is 0 Å². The minimum absolute atomic E-state index is 0. The van der Waals surface area contributed by atoms with Crippen LogP contribution >= 0.6 is 104 Å². The first-order valence-corrected chi connectivity index (χ1v) is 26.4. The van der Waals surface area contributed by atoms with E-state index < -0.39 is 41.2 Å². The summed E-state index contributed by atoms with van der Waals surface area (Å²) in [6.07, 6.45) is 10.7. The molecule has 0 atom stereocenters. The van der Waals surface area contributed by atoms with Gasteiger partial charge in [-0.2, -0.15) is 10.2 Å². The van der Waals surface area contributed by atoms with Crippen molar-refractivity contribution in [3.8, 4) is 56.4 Å². The molecule has 0 aliphatic carbocycles. The van der Waals surface area contributed by atoms with Gasteiger partial charge in [0, 0.05) is 60.4 Å². The molecule has 0 N–H and O–H groups in total. The standard InChI is InChI=1S/C30H24N6.2C11H6F2N.3CHCl3.Ir.NO3/c1-3-15-31-27(11-1)29-13-17-35(33-29)21-23-7-5-9-25(19-23)26-10-6-8-24(20-26)22-36-18-14-30(34-36)28-12-2-4-16-32-28;2*12-8-4-5-9(10(13)7-8)11-3-1-2-6-14-11;3*2-1(3)4;;2-1(3)4/h1-20H,21-22H2;2*1-4,6-7H;3*1H;;/q;2*-1;;;;+3;-1. The van der Waals surface area contributed by atoms with Gasteiger partial charge in [-0.15, -0.1) is 24.3 Å². The van der Waals surface area contributed by atoms with Crippen LogP contribution in [-0.4, -0.2) is 57.5 Å². The Morgan fingerprint density at radius 3 is 1.04 bits per heavy atom. The third-order valence-corrected chi connectivity index (χ3v) is 9.57. The summed E-state index contributed by atoms with van der Waals surface area (Å²) in [5, 5.41) is 24.2. The number of halogens is 13. The van der Waals surface area contributed by atoms with E-state index in [-0.39, 0.29) is 31.2 Å². The van der Waals surface area contributed by atoms with Crippen molar-refractivity contribution in [2.24, 2.45) is 0 Å². The molecule has 10 aromatic rings. The van der Waals surface area contributed by atoms with Crippen LogP contribution in [0.25, 0.3) is 56.4 Å². The van der Waals surface area contributed by atoms with Crippen molar-refractivity contribution in [2.75, 3.05) is 0 Å². The van der Waals surface area contributed by atoms with Gasteiger partial charge in [0.05, 0.1) is 29.6 Å². The Morgan fingerprint density at radius 1 is 0.444 bits per heavy atom. The van der Waals surface area contributed by atoms with Crippen LogP contribution in [0.4, 0.5) is 17.6 Å². The molecule has 0 saturated carbocycles. The molecule has 0 spiro atoms. The summed E-state index contributed by atoms with van der Waals surface area (Å²) in [6.45, 7) is 1.40. The van der Waals surface area contributed by atoms with E-state index in [0.717, 1.165) is 47.0 Å². The van der Waals surface area contributed by atoms with Crippen LogP contribution in [-0.2, 0) is 33.2 Å². The number of pyridine rings is 4. The largest absolute Gasteiger partial charge is 3.00 e. The number of hydrogen-bond acceptors (Lipinski definition) is 9. The molecule has 0 fully saturated rings. The van der Waals surface area contributed by atoms with Gasteiger partial charge in [0.2, 0.25) is 0 Å². The fraction of sp³-hybridized carbons (Fsp3) is 0.0909. The minimum atomic E-state index is -1.75. The minimum Gasteiger partial charge on any atom is -0.356 e. The van der Waals surface area contributed by atoms with E-state index in [1.165, 1.54) is 22.3 Å². The Morgan fingerprint density at radius 2 is 0.753 bits per heavy atom. The average Bonchev–Trinajstić information content (AvgIpc) is 4.11. The van der Waals surface area contributed by atoms with Crippen LogP contribution in [0, 0.1) is 50.7 Å². The Kier molecular flexibility index (Phi) is 32.5. The SMILES string of the molecule is ClC(Cl)Cl.ClC(Cl)Cl.ClC(Cl)Cl.Fc1c[c-]c(-c2ccccn2)c(F)c1.Fc1c[c-]c(-c2ccccn2)c(F)c1.O=[N+]([O-])[O-].[Ir+3].c1ccc(-c2ccn(Cc3cccc(-c4cccc(Cn5ccc(-c6ccccn6)n5)c4)c3)n2)nc1. The molecule has 12 nitrogen and oxygen atoms in total. The maximum absolute atomic E-state index is 13.2. The summed E-state index contributed by atoms with van der Waals surface area (Å²) in [6, 6.07) is 52.0. The zero-order valence-electron chi connectivity index (χ0n) is 41.1. The summed E-state index contributed by atoms with van der Waals surface area (Å²) < 4.78 is 53.3. The van der Waals surface area contributed by atoms with Crippen LogP contribution in [0.2, 0.25) is 0 Å². The van der Waals surface area contributed by atoms with E-state index >= 15 is 0 Å². The first-order valence-electron chi connectivity index (χ1n) is 22.5. The zero-order chi connectivity index (χ0) is 58.4. The molecule has 422 valence electrons. The third-order valence-electron chi connectivity index (χ3n) is 9.57. The third kappa shape index (κ3) is 27.6. The Hall–Kier alpha value is -5.92. The summed E-state index contributed by atoms with van der Waals surface area (Å²) in [5.41, 5.74) is 9.54. The predicted molar refractivity (Wildman–Crippen MR) is 312 cm³/mol. The number of aromatic nitrogens is 8. The molecule has 0 amide bonds. The number of rotatable bonds is 9. The van der Waals surface area contributed by atoms with Crippen LogP contribution in [0.15, 0.2) is 195 Å². The average molecular weight is 1460 g/mol. The van der Waals surface area contributed by atoms with Crippen LogP contribution in [0.1, 0.15) is 11.1 Å². The maximum Gasteiger partial charge on any atom is 3.00 e. The topological polar surface area (TPSA) is 153 Å². The van der Waals surface area contributed by atoms with Crippen molar-refractivity contribution in [1.29, 1.82) is 0 Å². The smallest absolute Gasteiger partial charge is 0.356 e. The monoisotopic (exact) mass is 1460 g/mol. The molecular formula is C55H39Cl9F4IrN9O3. The molecule has 81 heavy (non-hydrogen) atoms. The van der Waals surface area contributed by atoms with Gasteiger partial charge in [0.25, 0.3) is 0 Å². The van der Waals surface area contributed by atoms with Gasteiger partial charge in [-0.1, -0.05) is 200 Å². The fourth-order valence-electron chi connectivity index (χ4n) is 6.58. The Balaban J connectivity index is 0.000000314. The van der Waals surface area contributed by atoms with Crippen molar-refractivity contribution in [3.05, 3.63) is 257 Å². The second-order valence-electron chi connectivity index (χ2n) is 15.1. The summed E-state index contributed by atoms with van der Waals surface area (Å²) >= 11 is 43.3. The summed E-state index contributed by atoms with van der Waals surface area (Å²) in [5.74, 6) is -2.57. The molecule has 0 saturated heterocycles. The van der Waals surface area contributed by atoms with Crippen LogP contribution in [0.5, 0.6) is 0 Å². The van der Waals surface area contributed by atoms with E-state index in [2.05, 4.69) is 80.6 Å². The van der Waals surface area contributed by atoms with Gasteiger partial charge in [-0.05, 0) is 94.3 Å². The molecule has 10 rings (SSSR count). The van der Waals surface area contributed by atoms with E-state index in [1.807, 2.05) is 70.3 Å². The summed E-state index contributed by atoms with van der Waals surface area (Å²) in [7, 11) is 0. The van der Waals surface area contributed by atoms with Crippen molar-refractivity contribution in [2.45, 2.75) is 26.0 Å². The molecule has 6 heterocycles. The fourth-order valence-corrected chi connectivity index (χ4v) is 6.58. The maximum atomic E-state index is 13.2. The van der Waals surface area contributed by atoms with Gasteiger partial charge >= 0.3 is 20.1 Å². The quantitative estimate of drug-likeness (QED) is 0.0452. The predicted octanol–water partition coefficient (Wildman–Crippen LogP) is 17.3. The van der Waals surface area contributed by atoms with Crippen molar-refractivity contribution >= 4 is 104 Å². The summed E-state index contributed by atoms with van der Waals surface area (Å²) in [4.78, 5) is 24.9. The van der Waals surface area contributed by atoms with Gasteiger partial charge in [0.1, 0.15) is 11.4 Å².